The molecule has 2 aromatic heterocycles. The number of aryl methyl sites for hydroxylation is 1. The number of carbonyl (C=O) groups is 3. The van der Waals surface area contributed by atoms with Crippen molar-refractivity contribution in [1.82, 2.24) is 25.1 Å². The van der Waals surface area contributed by atoms with Crippen LogP contribution in [0.1, 0.15) is 81.0 Å². The fraction of sp³-hybridized carbons (Fsp3) is 0.522. The average molecular weight is 970 g/mol. The lowest BCUT2D eigenvalue weighted by atomic mass is 9.76. The van der Waals surface area contributed by atoms with E-state index in [-0.39, 0.29) is 71.4 Å². The first-order valence-electron chi connectivity index (χ1n) is 22.5. The minimum Gasteiger partial charge on any atom is -0.479 e. The van der Waals surface area contributed by atoms with Crippen LogP contribution in [0.25, 0.3) is 0 Å². The molecule has 1 unspecified atom stereocenters. The van der Waals surface area contributed by atoms with Gasteiger partial charge in [-0.25, -0.2) is 9.78 Å². The van der Waals surface area contributed by atoms with Gasteiger partial charge in [-0.1, -0.05) is 13.8 Å². The topological polar surface area (TPSA) is 245 Å². The summed E-state index contributed by atoms with van der Waals surface area (Å²) in [6.45, 7) is 6.14. The van der Waals surface area contributed by atoms with Crippen LogP contribution in [0, 0.1) is 5.92 Å². The zero-order chi connectivity index (χ0) is 48.7. The molecule has 0 spiro atoms. The third kappa shape index (κ3) is 9.95. The number of anilines is 1. The van der Waals surface area contributed by atoms with Crippen molar-refractivity contribution in [3.63, 3.8) is 0 Å². The molecule has 0 bridgehead atoms. The Kier molecular flexibility index (Phi) is 14.2. The fourth-order valence-corrected chi connectivity index (χ4v) is 10.6. The van der Waals surface area contributed by atoms with Crippen LogP contribution in [-0.4, -0.2) is 138 Å². The molecule has 22 heteroatoms. The molecule has 2 amide bonds. The van der Waals surface area contributed by atoms with E-state index >= 15 is 13.2 Å². The van der Waals surface area contributed by atoms with Crippen molar-refractivity contribution in [2.45, 2.75) is 100 Å². The van der Waals surface area contributed by atoms with Crippen LogP contribution in [0.4, 0.5) is 19.0 Å². The molecule has 3 fully saturated rings. The number of quaternary nitrogens is 1. The van der Waals surface area contributed by atoms with Crippen LogP contribution in [-0.2, 0) is 59.0 Å². The lowest BCUT2D eigenvalue weighted by Gasteiger charge is -2.44. The van der Waals surface area contributed by atoms with E-state index in [1.165, 1.54) is 22.7 Å². The van der Waals surface area contributed by atoms with Crippen molar-refractivity contribution in [2.75, 3.05) is 50.0 Å². The van der Waals surface area contributed by atoms with Crippen molar-refractivity contribution in [1.29, 1.82) is 0 Å². The van der Waals surface area contributed by atoms with Crippen LogP contribution in [0.3, 0.4) is 0 Å². The van der Waals surface area contributed by atoms with Crippen molar-refractivity contribution in [3.05, 3.63) is 93.6 Å². The molecule has 7 N–H and O–H groups in total. The summed E-state index contributed by atoms with van der Waals surface area (Å²) in [4.78, 5) is 46.0. The second-order valence-electron chi connectivity index (χ2n) is 18.4. The summed E-state index contributed by atoms with van der Waals surface area (Å²) < 4.78 is 64.7. The van der Waals surface area contributed by atoms with Crippen LogP contribution < -0.4 is 20.7 Å². The molecule has 4 aromatic rings. The van der Waals surface area contributed by atoms with Gasteiger partial charge in [-0.3, -0.25) is 14.5 Å². The Bertz CT molecular complexity index is 2540. The molecular weight excluding hydrogens is 914 g/mol. The second kappa shape index (κ2) is 19.7. The summed E-state index contributed by atoms with van der Waals surface area (Å²) in [5.74, 6) is -1.17. The van der Waals surface area contributed by atoms with E-state index in [1.54, 1.807) is 30.6 Å². The predicted molar refractivity (Wildman–Crippen MR) is 238 cm³/mol. The lowest BCUT2D eigenvalue weighted by molar-refractivity contribution is -0.960. The maximum absolute atomic E-state index is 15.2. The number of carboxylic acids is 1. The molecule has 4 aliphatic heterocycles. The Morgan fingerprint density at radius 3 is 2.49 bits per heavy atom. The zero-order valence-electron chi connectivity index (χ0n) is 37.8. The number of rotatable bonds is 16. The van der Waals surface area contributed by atoms with E-state index in [0.29, 0.717) is 54.6 Å². The van der Waals surface area contributed by atoms with Gasteiger partial charge in [0, 0.05) is 54.6 Å². The number of ether oxygens (including phenoxy) is 3. The fourth-order valence-electron chi connectivity index (χ4n) is 9.89. The molecule has 6 heterocycles. The maximum atomic E-state index is 15.2. The number of hydrogen-bond donors (Lipinski definition) is 6. The number of aromatic nitrogens is 4. The van der Waals surface area contributed by atoms with Gasteiger partial charge in [-0.15, -0.1) is 22.0 Å². The second-order valence-corrected chi connectivity index (χ2v) is 19.7. The van der Waals surface area contributed by atoms with Crippen LogP contribution in [0.2, 0.25) is 0 Å². The highest BCUT2D eigenvalue weighted by Gasteiger charge is 2.49. The number of pyridine rings is 1. The summed E-state index contributed by atoms with van der Waals surface area (Å²) >= 11 is 1.46. The number of fused-ring (bicyclic) bond motifs is 1. The number of nitrogens with one attached hydrogen (secondary N) is 1. The normalized spacial score (nSPS) is 25.7. The van der Waals surface area contributed by atoms with Crippen molar-refractivity contribution < 1.29 is 66.7 Å². The molecule has 0 radical (unpaired) electrons. The van der Waals surface area contributed by atoms with Gasteiger partial charge in [0.1, 0.15) is 55.1 Å². The Morgan fingerprint density at radius 1 is 1.07 bits per heavy atom. The first kappa shape index (κ1) is 49.2. The number of benzene rings is 2. The van der Waals surface area contributed by atoms with E-state index in [0.717, 1.165) is 30.3 Å². The highest BCUT2D eigenvalue weighted by Crippen LogP contribution is 2.43. The average Bonchev–Trinajstić information content (AvgIpc) is 3.84. The molecule has 8 rings (SSSR count). The summed E-state index contributed by atoms with van der Waals surface area (Å²) in [5.41, 5.74) is 5.78. The SMILES string of the molecule is CCSc1cc(C2(Cc3nncn3C)COC2)cc(N2Cc3c(cc(C[N+]4(Cc5ccc(O[C@@H]6O[C@H](C(=O)O)[C@@H](O)[C@H](O)[C@H]6O)c(C(=O)NCCN)c5)CCC[C@H](C)C4)cc3C(F)(F)F)C2=O)n1. The largest absolute Gasteiger partial charge is 0.479 e. The standard InChI is InChI=1S/C46H55F3N8O10S/c1-4-68-36-16-28(45(22-65-23-45)17-35-54-52-24-55(35)3)15-34(53-36)56-18-31-29(42(56)62)13-27(14-32(31)46(47,48)49)21-57(11-5-6-25(2)19-57)20-26-7-8-33(30(12-26)41(61)51-10-9-50)66-44-39(60)37(58)38(59)40(67-44)43(63)64/h7-8,12-16,24-25,37-40,44,58-60H,4-6,9-11,17-23,50H2,1-3H3,(H-,51,61,63,64)/p+1/t25-,37-,38-,39+,40-,44+,57?/m0/s1. The summed E-state index contributed by atoms with van der Waals surface area (Å²) in [6.07, 6.45) is -10.6. The number of aliphatic hydroxyl groups excluding tert-OH is 3. The van der Waals surface area contributed by atoms with E-state index in [2.05, 4.69) is 22.4 Å². The number of nitrogens with two attached hydrogens (primary N) is 1. The number of carbonyl (C=O) groups excluding carboxylic acids is 2. The monoisotopic (exact) mass is 969 g/mol. The van der Waals surface area contributed by atoms with Crippen LogP contribution in [0.5, 0.6) is 5.75 Å². The minimum absolute atomic E-state index is 0.0485. The Hall–Kier alpha value is -5.20. The van der Waals surface area contributed by atoms with Crippen molar-refractivity contribution in [2.24, 2.45) is 18.7 Å². The van der Waals surface area contributed by atoms with Gasteiger partial charge < -0.3 is 54.7 Å². The summed E-state index contributed by atoms with van der Waals surface area (Å²) in [6, 6.07) is 11.1. The van der Waals surface area contributed by atoms with Crippen molar-refractivity contribution >= 4 is 35.4 Å². The lowest BCUT2D eigenvalue weighted by Crippen LogP contribution is -2.61. The number of aliphatic hydroxyl groups is 3. The van der Waals surface area contributed by atoms with E-state index in [9.17, 15) is 34.8 Å². The van der Waals surface area contributed by atoms with Gasteiger partial charge in [-0.2, -0.15) is 13.2 Å². The van der Waals surface area contributed by atoms with Gasteiger partial charge in [0.05, 0.1) is 49.0 Å². The number of halogens is 3. The van der Waals surface area contributed by atoms with Crippen LogP contribution >= 0.6 is 11.8 Å². The summed E-state index contributed by atoms with van der Waals surface area (Å²) in [7, 11) is 1.85. The molecule has 0 saturated carbocycles. The number of thioether (sulfide) groups is 1. The number of hydrogen-bond acceptors (Lipinski definition) is 14. The maximum Gasteiger partial charge on any atom is 0.416 e. The molecular formula is C46H56F3N8O10S+. The van der Waals surface area contributed by atoms with Gasteiger partial charge in [0.15, 0.2) is 6.10 Å². The quantitative estimate of drug-likeness (QED) is 0.0699. The van der Waals surface area contributed by atoms with Gasteiger partial charge in [0.2, 0.25) is 6.29 Å². The molecule has 4 aliphatic rings. The number of alkyl halides is 3. The van der Waals surface area contributed by atoms with Crippen molar-refractivity contribution in [3.8, 4) is 5.75 Å². The third-order valence-corrected chi connectivity index (χ3v) is 14.1. The van der Waals surface area contributed by atoms with Gasteiger partial charge in [0.25, 0.3) is 11.8 Å². The summed E-state index contributed by atoms with van der Waals surface area (Å²) in [5, 5.41) is 52.4. The number of piperidine rings is 1. The highest BCUT2D eigenvalue weighted by atomic mass is 32.2. The molecule has 7 atom stereocenters. The first-order chi connectivity index (χ1) is 32.3. The number of aliphatic carboxylic acids is 1. The predicted octanol–water partition coefficient (Wildman–Crippen LogP) is 2.92. The molecule has 0 aliphatic carbocycles. The number of carboxylic acid groups (broad SMARTS) is 1. The number of likely N-dealkylation sites (tertiary alicyclic amines) is 1. The number of nitrogens with zero attached hydrogens (tertiary/aromatic N) is 6. The van der Waals surface area contributed by atoms with Crippen LogP contribution in [0.15, 0.2) is 53.8 Å². The number of amides is 2. The Morgan fingerprint density at radius 2 is 1.84 bits per heavy atom. The van der Waals surface area contributed by atoms with E-state index < -0.39 is 65.6 Å². The van der Waals surface area contributed by atoms with E-state index in [1.807, 2.05) is 24.6 Å². The molecule has 3 saturated heterocycles. The van der Waals surface area contributed by atoms with Gasteiger partial charge in [-0.05, 0) is 72.2 Å². The molecule has 2 aromatic carbocycles. The minimum atomic E-state index is -4.80. The third-order valence-electron chi connectivity index (χ3n) is 13.3. The highest BCUT2D eigenvalue weighted by molar-refractivity contribution is 7.99. The Labute approximate surface area is 394 Å². The van der Waals surface area contributed by atoms with Gasteiger partial charge >= 0.3 is 12.1 Å². The smallest absolute Gasteiger partial charge is 0.416 e. The Balaban J connectivity index is 1.12. The van der Waals surface area contributed by atoms with E-state index in [4.69, 9.17) is 24.9 Å². The molecule has 18 nitrogen and oxygen atoms in total. The first-order valence-corrected chi connectivity index (χ1v) is 23.5. The zero-order valence-corrected chi connectivity index (χ0v) is 38.6. The molecule has 366 valence electrons. The molecule has 68 heavy (non-hydrogen) atoms.